The fourth-order valence-electron chi connectivity index (χ4n) is 3.44. The molecule has 1 aliphatic rings. The quantitative estimate of drug-likeness (QED) is 0.629. The summed E-state index contributed by atoms with van der Waals surface area (Å²) in [7, 11) is -3.53. The van der Waals surface area contributed by atoms with Crippen LogP contribution in [0.3, 0.4) is 0 Å². The average Bonchev–Trinajstić information content (AvgIpc) is 2.68. The second-order valence-corrected chi connectivity index (χ2v) is 9.59. The van der Waals surface area contributed by atoms with Crippen LogP contribution in [0, 0.1) is 6.92 Å². The van der Waals surface area contributed by atoms with Crippen LogP contribution in [0.4, 0.5) is 0 Å². The Morgan fingerprint density at radius 2 is 1.64 bits per heavy atom. The van der Waals surface area contributed by atoms with Gasteiger partial charge in [-0.15, -0.1) is 0 Å². The zero-order valence-corrected chi connectivity index (χ0v) is 17.6. The summed E-state index contributed by atoms with van der Waals surface area (Å²) in [5.41, 5.74) is 3.36. The Bertz CT molecular complexity index is 942. The molecule has 4 heteroatoms. The number of benzene rings is 2. The Balaban J connectivity index is 1.99. The first-order valence-corrected chi connectivity index (χ1v) is 11.4. The Labute approximate surface area is 169 Å². The minimum Gasteiger partial charge on any atom is -0.372 e. The maximum Gasteiger partial charge on any atom is 0.204 e. The topological polar surface area (TPSA) is 37.4 Å². The van der Waals surface area contributed by atoms with Gasteiger partial charge in [0.25, 0.3) is 0 Å². The second-order valence-electron chi connectivity index (χ2n) is 7.59. The Kier molecular flexibility index (Phi) is 6.74. The van der Waals surface area contributed by atoms with Crippen LogP contribution in [0.15, 0.2) is 82.2 Å². The van der Waals surface area contributed by atoms with Gasteiger partial charge in [0.05, 0.1) is 9.80 Å². The molecule has 2 aromatic rings. The summed E-state index contributed by atoms with van der Waals surface area (Å²) in [6.45, 7) is 5.57. The van der Waals surface area contributed by atoms with E-state index in [1.807, 2.05) is 50.4 Å². The summed E-state index contributed by atoms with van der Waals surface area (Å²) in [6, 6.07) is 17.4. The monoisotopic (exact) mass is 395 g/mol. The lowest BCUT2D eigenvalue weighted by molar-refractivity contribution is 0.356. The predicted molar refractivity (Wildman–Crippen MR) is 116 cm³/mol. The fraction of sp³-hybridized carbons (Fsp3) is 0.333. The summed E-state index contributed by atoms with van der Waals surface area (Å²) in [5.74, 6) is 0. The molecule has 2 aromatic carbocycles. The number of rotatable bonds is 4. The van der Waals surface area contributed by atoms with E-state index in [0.29, 0.717) is 16.2 Å². The number of hydrogen-bond donors (Lipinski definition) is 0. The van der Waals surface area contributed by atoms with Crippen LogP contribution < -0.4 is 0 Å². The molecule has 0 atom stereocenters. The highest BCUT2D eigenvalue weighted by atomic mass is 32.2. The molecule has 3 rings (SSSR count). The lowest BCUT2D eigenvalue weighted by Crippen LogP contribution is -2.21. The Morgan fingerprint density at radius 3 is 2.36 bits per heavy atom. The molecule has 0 N–H and O–H groups in total. The molecule has 1 heterocycles. The van der Waals surface area contributed by atoms with Crippen LogP contribution >= 0.6 is 0 Å². The lowest BCUT2D eigenvalue weighted by atomic mass is 10.1. The van der Waals surface area contributed by atoms with Crippen molar-refractivity contribution in [2.75, 3.05) is 6.54 Å². The van der Waals surface area contributed by atoms with Gasteiger partial charge in [0, 0.05) is 25.7 Å². The van der Waals surface area contributed by atoms with E-state index in [4.69, 9.17) is 0 Å². The van der Waals surface area contributed by atoms with Gasteiger partial charge in [-0.3, -0.25) is 0 Å². The van der Waals surface area contributed by atoms with Crippen LogP contribution in [-0.2, 0) is 16.4 Å². The molecule has 0 spiro atoms. The minimum absolute atomic E-state index is 0.369. The Hall–Kier alpha value is -2.33. The highest BCUT2D eigenvalue weighted by molar-refractivity contribution is 7.95. The maximum absolute atomic E-state index is 13.4. The molecule has 0 radical (unpaired) electrons. The van der Waals surface area contributed by atoms with Gasteiger partial charge in [-0.1, -0.05) is 59.7 Å². The molecule has 0 unspecified atom stereocenters. The van der Waals surface area contributed by atoms with Gasteiger partial charge in [0.1, 0.15) is 0 Å². The van der Waals surface area contributed by atoms with Crippen molar-refractivity contribution in [3.05, 3.63) is 88.5 Å². The molecule has 0 amide bonds. The third-order valence-electron chi connectivity index (χ3n) is 5.08. The van der Waals surface area contributed by atoms with Crippen molar-refractivity contribution in [2.24, 2.45) is 0 Å². The standard InChI is InChI=1S/C24H29NO2S/c1-20-12-14-23(15-13-20)28(26,27)24-17-21(2)9-5-4-8-16-25(19-24)18-22-10-6-3-7-11-22/h3,6-7,9-15,19H,4-5,8,16-18H2,1-2H3/b21-9-,24-19+. The van der Waals surface area contributed by atoms with E-state index in [2.05, 4.69) is 23.1 Å². The highest BCUT2D eigenvalue weighted by Gasteiger charge is 2.22. The second kappa shape index (κ2) is 9.24. The number of allylic oxidation sites excluding steroid dienone is 3. The summed E-state index contributed by atoms with van der Waals surface area (Å²) in [6.07, 6.45) is 7.70. The van der Waals surface area contributed by atoms with Crippen molar-refractivity contribution in [1.29, 1.82) is 0 Å². The third kappa shape index (κ3) is 5.35. The smallest absolute Gasteiger partial charge is 0.204 e. The van der Waals surface area contributed by atoms with E-state index in [1.165, 1.54) is 5.56 Å². The molecular weight excluding hydrogens is 366 g/mol. The van der Waals surface area contributed by atoms with E-state index >= 15 is 0 Å². The largest absolute Gasteiger partial charge is 0.372 e. The van der Waals surface area contributed by atoms with Crippen molar-refractivity contribution in [1.82, 2.24) is 4.90 Å². The number of hydrogen-bond acceptors (Lipinski definition) is 3. The van der Waals surface area contributed by atoms with Crippen molar-refractivity contribution < 1.29 is 8.42 Å². The van der Waals surface area contributed by atoms with Crippen molar-refractivity contribution in [3.8, 4) is 0 Å². The van der Waals surface area contributed by atoms with Crippen molar-refractivity contribution >= 4 is 9.84 Å². The minimum atomic E-state index is -3.53. The van der Waals surface area contributed by atoms with Crippen LogP contribution in [0.5, 0.6) is 0 Å². The molecule has 0 saturated heterocycles. The number of nitrogens with zero attached hydrogens (tertiary/aromatic N) is 1. The highest BCUT2D eigenvalue weighted by Crippen LogP contribution is 2.27. The predicted octanol–water partition coefficient (Wildman–Crippen LogP) is 5.63. The van der Waals surface area contributed by atoms with E-state index < -0.39 is 9.84 Å². The van der Waals surface area contributed by atoms with E-state index in [9.17, 15) is 8.42 Å². The first-order valence-electron chi connectivity index (χ1n) is 9.91. The first kappa shape index (κ1) is 20.4. The molecular formula is C24H29NO2S. The molecule has 0 aliphatic carbocycles. The molecule has 0 fully saturated rings. The summed E-state index contributed by atoms with van der Waals surface area (Å²) < 4.78 is 26.8. The van der Waals surface area contributed by atoms with Gasteiger partial charge in [-0.25, -0.2) is 8.42 Å². The third-order valence-corrected chi connectivity index (χ3v) is 6.91. The van der Waals surface area contributed by atoms with Crippen LogP contribution in [0.2, 0.25) is 0 Å². The zero-order chi connectivity index (χ0) is 20.0. The lowest BCUT2D eigenvalue weighted by Gasteiger charge is -2.24. The SMILES string of the molecule is C/C1=C/CCCCN(Cc2ccccc2)/C=C(/S(=O)(=O)c2ccc(C)cc2)C1. The summed E-state index contributed by atoms with van der Waals surface area (Å²) >= 11 is 0. The van der Waals surface area contributed by atoms with Crippen LogP contribution in [0.25, 0.3) is 0 Å². The van der Waals surface area contributed by atoms with Gasteiger partial charge in [-0.05, 0) is 50.8 Å². The van der Waals surface area contributed by atoms with E-state index in [1.54, 1.807) is 12.1 Å². The average molecular weight is 396 g/mol. The zero-order valence-electron chi connectivity index (χ0n) is 16.8. The molecule has 0 saturated carbocycles. The van der Waals surface area contributed by atoms with Gasteiger partial charge < -0.3 is 4.90 Å². The van der Waals surface area contributed by atoms with Crippen LogP contribution in [-0.4, -0.2) is 19.9 Å². The van der Waals surface area contributed by atoms with Gasteiger partial charge >= 0.3 is 0 Å². The summed E-state index contributed by atoms with van der Waals surface area (Å²) in [5, 5.41) is 0. The summed E-state index contributed by atoms with van der Waals surface area (Å²) in [4.78, 5) is 3.01. The van der Waals surface area contributed by atoms with Crippen LogP contribution in [0.1, 0.15) is 43.7 Å². The van der Waals surface area contributed by atoms with E-state index in [0.717, 1.165) is 43.5 Å². The molecule has 28 heavy (non-hydrogen) atoms. The van der Waals surface area contributed by atoms with Gasteiger partial charge in [0.2, 0.25) is 9.84 Å². The molecule has 0 aromatic heterocycles. The maximum atomic E-state index is 13.4. The number of sulfone groups is 1. The Morgan fingerprint density at radius 1 is 0.929 bits per heavy atom. The molecule has 148 valence electrons. The first-order chi connectivity index (χ1) is 13.4. The van der Waals surface area contributed by atoms with Gasteiger partial charge in [0.15, 0.2) is 0 Å². The molecule has 3 nitrogen and oxygen atoms in total. The normalized spacial score (nSPS) is 20.0. The number of aryl methyl sites for hydroxylation is 1. The molecule has 1 aliphatic heterocycles. The fourth-order valence-corrected chi connectivity index (χ4v) is 4.95. The molecule has 0 bridgehead atoms. The van der Waals surface area contributed by atoms with Gasteiger partial charge in [-0.2, -0.15) is 0 Å². The van der Waals surface area contributed by atoms with E-state index in [-0.39, 0.29) is 0 Å². The van der Waals surface area contributed by atoms with Crippen molar-refractivity contribution in [3.63, 3.8) is 0 Å². The van der Waals surface area contributed by atoms with Crippen molar-refractivity contribution in [2.45, 2.75) is 51.0 Å².